The molecular weight excluding hydrogens is 877 g/mol. The van der Waals surface area contributed by atoms with Crippen LogP contribution < -0.4 is 0 Å². The average molecular weight is 957 g/mol. The summed E-state index contributed by atoms with van der Waals surface area (Å²) < 4.78 is 0. The molecule has 0 nitrogen and oxygen atoms in total. The quantitative estimate of drug-likeness (QED) is 0.151. The zero-order valence-corrected chi connectivity index (χ0v) is 42.7. The van der Waals surface area contributed by atoms with Crippen LogP contribution in [0.3, 0.4) is 0 Å². The number of rotatable bonds is 10. The number of hydrogen-bond acceptors (Lipinski definition) is 0. The Bertz CT molecular complexity index is 873. The van der Waals surface area contributed by atoms with Crippen molar-refractivity contribution >= 4 is 34.1 Å². The van der Waals surface area contributed by atoms with Crippen LogP contribution in [-0.4, -0.2) is 0 Å². The monoisotopic (exact) mass is 952 g/mol. The van der Waals surface area contributed by atoms with Gasteiger partial charge in [0, 0.05) is 0 Å². The van der Waals surface area contributed by atoms with Gasteiger partial charge in [0.15, 0.2) is 0 Å². The van der Waals surface area contributed by atoms with Gasteiger partial charge in [-0.05, 0) is 111 Å². The van der Waals surface area contributed by atoms with Crippen LogP contribution in [0.25, 0.3) is 0 Å². The van der Waals surface area contributed by atoms with Crippen molar-refractivity contribution in [1.82, 2.24) is 0 Å². The Morgan fingerprint density at radius 2 is 0.865 bits per heavy atom. The van der Waals surface area contributed by atoms with Crippen molar-refractivity contribution in [2.24, 2.45) is 59.2 Å². The third-order valence-corrected chi connectivity index (χ3v) is 12.0. The predicted molar refractivity (Wildman–Crippen MR) is 235 cm³/mol. The van der Waals surface area contributed by atoms with Crippen LogP contribution in [0, 0.1) is 88.9 Å². The summed E-state index contributed by atoms with van der Waals surface area (Å²) in [4.78, 5) is 0. The van der Waals surface area contributed by atoms with E-state index >= 15 is 0 Å². The summed E-state index contributed by atoms with van der Waals surface area (Å²) in [6, 6.07) is 0. The van der Waals surface area contributed by atoms with E-state index in [4.69, 9.17) is 34.1 Å². The molecule has 0 aromatic rings. The Balaban J connectivity index is -0.000000682. The Hall–Kier alpha value is 1.63. The summed E-state index contributed by atoms with van der Waals surface area (Å²) in [7, 11) is 19.7. The first-order valence-corrected chi connectivity index (χ1v) is 32.3. The number of fused-ring (bicyclic) bond motifs is 2. The van der Waals surface area contributed by atoms with E-state index in [-0.39, 0.29) is 29.7 Å². The molecule has 0 radical (unpaired) electrons. The van der Waals surface area contributed by atoms with Crippen molar-refractivity contribution in [3.63, 3.8) is 0 Å². The Morgan fingerprint density at radius 3 is 1.17 bits per heavy atom. The van der Waals surface area contributed by atoms with E-state index < -0.39 is 41.7 Å². The predicted octanol–water partition coefficient (Wildman–Crippen LogP) is 17.6. The Labute approximate surface area is 365 Å². The Morgan fingerprint density at radius 1 is 0.519 bits per heavy atom. The zero-order chi connectivity index (χ0) is 35.0. The van der Waals surface area contributed by atoms with Crippen LogP contribution in [0.15, 0.2) is 60.8 Å². The van der Waals surface area contributed by atoms with Gasteiger partial charge in [0.25, 0.3) is 0 Å². The molecule has 0 aliphatic heterocycles. The van der Waals surface area contributed by atoms with Crippen molar-refractivity contribution < 1.29 is 41.7 Å². The molecule has 6 aliphatic carbocycles. The number of hydrogen-bond donors (Lipinski definition) is 0. The van der Waals surface area contributed by atoms with E-state index in [9.17, 15) is 0 Å². The van der Waals surface area contributed by atoms with Crippen LogP contribution in [0.1, 0.15) is 143 Å². The van der Waals surface area contributed by atoms with E-state index in [1.807, 2.05) is 0 Å². The van der Waals surface area contributed by atoms with Gasteiger partial charge in [-0.1, -0.05) is 153 Å². The summed E-state index contributed by atoms with van der Waals surface area (Å²) >= 11 is -1.65. The first-order valence-electron chi connectivity index (χ1n) is 19.7. The molecule has 0 bridgehead atoms. The number of halogens is 4. The van der Waals surface area contributed by atoms with Crippen LogP contribution in [0.2, 0.25) is 0 Å². The number of allylic oxidation sites excluding steroid dienone is 10. The first-order chi connectivity index (χ1) is 23.4. The molecule has 0 N–H and O–H groups in total. The summed E-state index contributed by atoms with van der Waals surface area (Å²) in [5, 5.41) is 0. The average Bonchev–Trinajstić information content (AvgIpc) is 3.90. The summed E-state index contributed by atoms with van der Waals surface area (Å²) in [5.41, 5.74) is 0. The fraction of sp³-hybridized carbons (Fsp3) is 0.696. The van der Waals surface area contributed by atoms with Crippen molar-refractivity contribution in [2.45, 2.75) is 143 Å². The van der Waals surface area contributed by atoms with Crippen molar-refractivity contribution in [3.05, 3.63) is 90.5 Å². The maximum atomic E-state index is 4.93. The summed E-state index contributed by atoms with van der Waals surface area (Å²) in [5.74, 6) is 9.31. The standard InChI is InChI=1S/C22H28.2C10H20.4CH3.4ClH.2Zr/c1(7-17-13-15-19-9-3-5-11-21(17)19)2-8-18-14-16-20-10-4-6-12-22(18)20;2*1-3-4-5-10-7-6-9(2)8-10;;;;;;;;;;/h1-6,9-12,17-22H,7-8,13-16H2;2*9-10H,3-8H2,1-2H3;4*1H3;4*1H;;/q;;;4*-1;;;;;2*+4/p-4/b2-1+;;;;;;;;;;;;. The van der Waals surface area contributed by atoms with Gasteiger partial charge in [-0.25, -0.2) is 0 Å². The first kappa shape index (κ1) is 57.9. The molecule has 0 aromatic heterocycles. The molecule has 0 heterocycles. The third-order valence-electron chi connectivity index (χ3n) is 12.0. The molecule has 6 rings (SSSR count). The van der Waals surface area contributed by atoms with Gasteiger partial charge < -0.3 is 29.7 Å². The molecule has 0 aromatic carbocycles. The van der Waals surface area contributed by atoms with Crippen LogP contribution in [-0.2, 0) is 41.7 Å². The fourth-order valence-electron chi connectivity index (χ4n) is 9.38. The molecule has 0 amide bonds. The molecule has 6 heteroatoms. The van der Waals surface area contributed by atoms with Crippen molar-refractivity contribution in [2.75, 3.05) is 0 Å². The Kier molecular flexibility index (Phi) is 41.2. The molecule has 0 spiro atoms. The molecule has 4 fully saturated rings. The van der Waals surface area contributed by atoms with Crippen molar-refractivity contribution in [3.8, 4) is 0 Å². The van der Waals surface area contributed by atoms with Gasteiger partial charge in [0.1, 0.15) is 0 Å². The molecule has 6 aliphatic rings. The topological polar surface area (TPSA) is 0 Å². The third kappa shape index (κ3) is 23.8. The molecule has 10 unspecified atom stereocenters. The molecule has 52 heavy (non-hydrogen) atoms. The van der Waals surface area contributed by atoms with Crippen LogP contribution in [0.5, 0.6) is 0 Å². The van der Waals surface area contributed by atoms with E-state index in [1.54, 1.807) is 0 Å². The molecule has 0 saturated heterocycles. The van der Waals surface area contributed by atoms with E-state index in [1.165, 1.54) is 116 Å². The van der Waals surface area contributed by atoms with Gasteiger partial charge in [-0.3, -0.25) is 0 Å². The summed E-state index contributed by atoms with van der Waals surface area (Å²) in [6.07, 6.45) is 49.7. The van der Waals surface area contributed by atoms with Crippen molar-refractivity contribution in [1.29, 1.82) is 0 Å². The molecule has 300 valence electrons. The SMILES string of the molecule is C1=CC2CCC(C/C=C/CC3CCC4C=CC=CC43)C2C=C1.CCCCC1CCC(C)C1.CCCCC1CCC(C)C1.[CH3-].[CH3-].[CH3-].[CH3-].[Cl][Zr+2][Cl].[Cl][Zr+2][Cl]. The summed E-state index contributed by atoms with van der Waals surface area (Å²) in [6.45, 7) is 9.37. The van der Waals surface area contributed by atoms with Gasteiger partial charge in [0.05, 0.1) is 0 Å². The molecular formula is C46H80Cl4Zr2. The van der Waals surface area contributed by atoms with Crippen LogP contribution >= 0.6 is 34.1 Å². The normalized spacial score (nSPS) is 30.9. The van der Waals surface area contributed by atoms with Gasteiger partial charge in [0.2, 0.25) is 0 Å². The number of unbranched alkanes of at least 4 members (excludes halogenated alkanes) is 2. The molecule has 10 atom stereocenters. The van der Waals surface area contributed by atoms with Gasteiger partial charge in [-0.15, -0.1) is 0 Å². The minimum atomic E-state index is -0.826. The second-order valence-electron chi connectivity index (χ2n) is 15.6. The van der Waals surface area contributed by atoms with Gasteiger partial charge in [-0.2, -0.15) is 0 Å². The van der Waals surface area contributed by atoms with E-state index in [0.29, 0.717) is 0 Å². The fourth-order valence-corrected chi connectivity index (χ4v) is 9.38. The minimum absolute atomic E-state index is 0. The molecule has 4 saturated carbocycles. The van der Waals surface area contributed by atoms with Gasteiger partial charge >= 0.3 is 75.7 Å². The second kappa shape index (κ2) is 36.9. The zero-order valence-electron chi connectivity index (χ0n) is 34.8. The van der Waals surface area contributed by atoms with E-state index in [0.717, 1.165) is 59.2 Å². The maximum absolute atomic E-state index is 4.93. The van der Waals surface area contributed by atoms with Crippen LogP contribution in [0.4, 0.5) is 0 Å². The van der Waals surface area contributed by atoms with E-state index in [2.05, 4.69) is 88.5 Å². The second-order valence-corrected chi connectivity index (χ2v) is 23.1.